The van der Waals surface area contributed by atoms with Crippen molar-refractivity contribution >= 4 is 32.4 Å². The molecule has 0 aliphatic carbocycles. The molecule has 0 saturated carbocycles. The molecule has 1 aromatic heterocycles. The van der Waals surface area contributed by atoms with Crippen LogP contribution in [0.5, 0.6) is 0 Å². The summed E-state index contributed by atoms with van der Waals surface area (Å²) in [7, 11) is -3.07. The first kappa shape index (κ1) is 15.9. The maximum absolute atomic E-state index is 12.6. The van der Waals surface area contributed by atoms with Gasteiger partial charge in [-0.25, -0.2) is 13.2 Å². The summed E-state index contributed by atoms with van der Waals surface area (Å²) in [5.74, 6) is 0.131. The second-order valence-corrected chi connectivity index (χ2v) is 8.40. The molecule has 122 valence electrons. The second-order valence-electron chi connectivity index (χ2n) is 5.38. The van der Waals surface area contributed by atoms with Crippen molar-refractivity contribution in [1.29, 1.82) is 0 Å². The Morgan fingerprint density at radius 2 is 2.13 bits per heavy atom. The molecule has 1 atom stereocenters. The Bertz CT molecular complexity index is 763. The molecule has 23 heavy (non-hydrogen) atoms. The molecular formula is C14H16N4O3S2. The predicted octanol–water partition coefficient (Wildman–Crippen LogP) is 1.76. The van der Waals surface area contributed by atoms with Crippen molar-refractivity contribution in [3.8, 4) is 0 Å². The molecule has 1 aliphatic heterocycles. The number of sulfone groups is 1. The molecule has 1 aromatic carbocycles. The van der Waals surface area contributed by atoms with Gasteiger partial charge in [-0.3, -0.25) is 5.32 Å². The van der Waals surface area contributed by atoms with Crippen LogP contribution in [0.1, 0.15) is 12.0 Å². The molecule has 2 amide bonds. The van der Waals surface area contributed by atoms with Crippen LogP contribution in [0, 0.1) is 0 Å². The van der Waals surface area contributed by atoms with Gasteiger partial charge in [0.2, 0.25) is 0 Å². The average molecular weight is 352 g/mol. The Morgan fingerprint density at radius 3 is 2.74 bits per heavy atom. The van der Waals surface area contributed by atoms with E-state index < -0.39 is 9.84 Å². The van der Waals surface area contributed by atoms with Gasteiger partial charge in [0.1, 0.15) is 5.00 Å². The Labute approximate surface area is 138 Å². The largest absolute Gasteiger partial charge is 0.323 e. The summed E-state index contributed by atoms with van der Waals surface area (Å²) in [4.78, 5) is 14.2. The molecule has 1 unspecified atom stereocenters. The Kier molecular flexibility index (Phi) is 4.58. The third kappa shape index (κ3) is 4.05. The van der Waals surface area contributed by atoms with Gasteiger partial charge >= 0.3 is 6.03 Å². The number of nitrogens with one attached hydrogen (secondary N) is 1. The molecular weight excluding hydrogens is 336 g/mol. The number of carbonyl (C=O) groups is 1. The quantitative estimate of drug-likeness (QED) is 0.905. The van der Waals surface area contributed by atoms with E-state index in [0.29, 0.717) is 18.0 Å². The van der Waals surface area contributed by atoms with Gasteiger partial charge in [-0.05, 0) is 12.0 Å². The van der Waals surface area contributed by atoms with Crippen LogP contribution in [0.25, 0.3) is 0 Å². The average Bonchev–Trinajstić information content (AvgIpc) is 3.15. The van der Waals surface area contributed by atoms with E-state index in [-0.39, 0.29) is 23.6 Å². The Morgan fingerprint density at radius 1 is 1.35 bits per heavy atom. The van der Waals surface area contributed by atoms with E-state index in [2.05, 4.69) is 14.9 Å². The highest BCUT2D eigenvalue weighted by Gasteiger charge is 2.34. The molecule has 1 saturated heterocycles. The fraction of sp³-hybridized carbons (Fsp3) is 0.357. The second kappa shape index (κ2) is 6.63. The fourth-order valence-corrected chi connectivity index (χ4v) is 4.71. The zero-order valence-electron chi connectivity index (χ0n) is 12.3. The minimum Gasteiger partial charge on any atom is -0.316 e. The van der Waals surface area contributed by atoms with E-state index in [1.54, 1.807) is 4.90 Å². The molecule has 0 radical (unpaired) electrons. The van der Waals surface area contributed by atoms with Gasteiger partial charge in [-0.1, -0.05) is 34.8 Å². The number of amides is 2. The lowest BCUT2D eigenvalue weighted by Crippen LogP contribution is -2.43. The van der Waals surface area contributed by atoms with E-state index in [9.17, 15) is 13.2 Å². The van der Waals surface area contributed by atoms with Gasteiger partial charge in [0.25, 0.3) is 0 Å². The van der Waals surface area contributed by atoms with E-state index in [1.165, 1.54) is 6.20 Å². The standard InChI is InChI=1S/C14H16N4O3S2/c19-14(16-13-8-15-17-22-13)18(9-11-4-2-1-3-5-11)12-6-7-23(20,21)10-12/h1-5,8,12H,6-7,9-10H2,(H,16,19). The van der Waals surface area contributed by atoms with Crippen molar-refractivity contribution in [3.63, 3.8) is 0 Å². The number of benzene rings is 1. The van der Waals surface area contributed by atoms with Crippen molar-refractivity contribution in [3.05, 3.63) is 42.1 Å². The molecule has 3 rings (SSSR count). The fourth-order valence-electron chi connectivity index (χ4n) is 2.57. The smallest absolute Gasteiger partial charge is 0.316 e. The zero-order chi connectivity index (χ0) is 16.3. The molecule has 0 spiro atoms. The number of hydrogen-bond acceptors (Lipinski definition) is 6. The van der Waals surface area contributed by atoms with Crippen molar-refractivity contribution in [2.75, 3.05) is 16.8 Å². The SMILES string of the molecule is O=C(Nc1cnns1)N(Cc1ccccc1)C1CCS(=O)(=O)C1. The first-order chi connectivity index (χ1) is 11.0. The van der Waals surface area contributed by atoms with Crippen LogP contribution in [0.4, 0.5) is 9.80 Å². The zero-order valence-corrected chi connectivity index (χ0v) is 13.9. The summed E-state index contributed by atoms with van der Waals surface area (Å²) in [5.41, 5.74) is 0.953. The highest BCUT2D eigenvalue weighted by atomic mass is 32.2. The Hall–Kier alpha value is -2.00. The lowest BCUT2D eigenvalue weighted by molar-refractivity contribution is 0.190. The monoisotopic (exact) mass is 352 g/mol. The van der Waals surface area contributed by atoms with E-state index >= 15 is 0 Å². The van der Waals surface area contributed by atoms with Crippen LogP contribution in [-0.4, -0.2) is 46.5 Å². The van der Waals surface area contributed by atoms with Crippen LogP contribution < -0.4 is 5.32 Å². The van der Waals surface area contributed by atoms with Crippen LogP contribution in [0.3, 0.4) is 0 Å². The minimum atomic E-state index is -3.07. The maximum atomic E-state index is 12.6. The van der Waals surface area contributed by atoms with Crippen LogP contribution in [0.2, 0.25) is 0 Å². The molecule has 0 bridgehead atoms. The first-order valence-electron chi connectivity index (χ1n) is 7.13. The number of rotatable bonds is 4. The highest BCUT2D eigenvalue weighted by Crippen LogP contribution is 2.22. The molecule has 2 aromatic rings. The molecule has 7 nitrogen and oxygen atoms in total. The van der Waals surface area contributed by atoms with Gasteiger partial charge in [0, 0.05) is 24.1 Å². The van der Waals surface area contributed by atoms with E-state index in [1.807, 2.05) is 30.3 Å². The maximum Gasteiger partial charge on any atom is 0.323 e. The number of carbonyl (C=O) groups excluding carboxylic acids is 1. The topological polar surface area (TPSA) is 92.3 Å². The minimum absolute atomic E-state index is 0.00813. The predicted molar refractivity (Wildman–Crippen MR) is 88.0 cm³/mol. The summed E-state index contributed by atoms with van der Waals surface area (Å²) in [6.45, 7) is 0.360. The van der Waals surface area contributed by atoms with Crippen molar-refractivity contribution < 1.29 is 13.2 Å². The van der Waals surface area contributed by atoms with Crippen molar-refractivity contribution in [1.82, 2.24) is 14.5 Å². The van der Waals surface area contributed by atoms with Crippen molar-refractivity contribution in [2.24, 2.45) is 0 Å². The van der Waals surface area contributed by atoms with Gasteiger partial charge in [0.15, 0.2) is 9.84 Å². The highest BCUT2D eigenvalue weighted by molar-refractivity contribution is 7.91. The van der Waals surface area contributed by atoms with Gasteiger partial charge in [-0.15, -0.1) is 5.10 Å². The van der Waals surface area contributed by atoms with Gasteiger partial charge in [0.05, 0.1) is 17.7 Å². The number of hydrogen-bond donors (Lipinski definition) is 1. The normalized spacial score (nSPS) is 19.4. The van der Waals surface area contributed by atoms with E-state index in [0.717, 1.165) is 17.1 Å². The summed E-state index contributed by atoms with van der Waals surface area (Å²) < 4.78 is 27.2. The van der Waals surface area contributed by atoms with Crippen LogP contribution in [-0.2, 0) is 16.4 Å². The molecule has 9 heteroatoms. The van der Waals surface area contributed by atoms with E-state index in [4.69, 9.17) is 0 Å². The first-order valence-corrected chi connectivity index (χ1v) is 9.72. The van der Waals surface area contributed by atoms with Crippen LogP contribution in [0.15, 0.2) is 36.5 Å². The number of urea groups is 1. The summed E-state index contributed by atoms with van der Waals surface area (Å²) in [5, 5.41) is 6.95. The Balaban J connectivity index is 1.79. The summed E-state index contributed by atoms with van der Waals surface area (Å²) in [6, 6.07) is 8.86. The lowest BCUT2D eigenvalue weighted by Gasteiger charge is -2.28. The summed E-state index contributed by atoms with van der Waals surface area (Å²) >= 11 is 1.08. The molecule has 1 N–H and O–H groups in total. The number of aromatic nitrogens is 2. The third-order valence-corrected chi connectivity index (χ3v) is 6.03. The third-order valence-electron chi connectivity index (χ3n) is 3.70. The molecule has 1 aliphatic rings. The number of nitrogens with zero attached hydrogens (tertiary/aromatic N) is 3. The van der Waals surface area contributed by atoms with Crippen LogP contribution >= 0.6 is 11.5 Å². The lowest BCUT2D eigenvalue weighted by atomic mass is 10.1. The summed E-state index contributed by atoms with van der Waals surface area (Å²) in [6.07, 6.45) is 1.93. The van der Waals surface area contributed by atoms with Crippen molar-refractivity contribution in [2.45, 2.75) is 19.0 Å². The van der Waals surface area contributed by atoms with Gasteiger partial charge < -0.3 is 4.90 Å². The number of anilines is 1. The molecule has 2 heterocycles. The van der Waals surface area contributed by atoms with Gasteiger partial charge in [-0.2, -0.15) is 0 Å². The molecule has 1 fully saturated rings.